The summed E-state index contributed by atoms with van der Waals surface area (Å²) in [5, 5.41) is 14.3. The minimum absolute atomic E-state index is 0.137. The molecule has 0 atom stereocenters. The number of aryl methyl sites for hydroxylation is 1. The summed E-state index contributed by atoms with van der Waals surface area (Å²) in [7, 11) is 0. The molecule has 0 unspecified atom stereocenters. The molecular formula is C10H14N2O2S. The minimum atomic E-state index is -0.660. The third-order valence-corrected chi connectivity index (χ3v) is 3.58. The van der Waals surface area contributed by atoms with Gasteiger partial charge in [0.15, 0.2) is 0 Å². The van der Waals surface area contributed by atoms with Crippen molar-refractivity contribution in [2.45, 2.75) is 31.8 Å². The molecule has 2 N–H and O–H groups in total. The zero-order valence-electron chi connectivity index (χ0n) is 8.62. The van der Waals surface area contributed by atoms with E-state index < -0.39 is 5.60 Å². The fourth-order valence-electron chi connectivity index (χ4n) is 1.61. The number of nitrogens with zero attached hydrogens (tertiary/aromatic N) is 1. The van der Waals surface area contributed by atoms with E-state index in [4.69, 9.17) is 0 Å². The Bertz CT molecular complexity index is 371. The van der Waals surface area contributed by atoms with Crippen molar-refractivity contribution in [3.05, 3.63) is 16.6 Å². The van der Waals surface area contributed by atoms with Gasteiger partial charge < -0.3 is 10.4 Å². The smallest absolute Gasteiger partial charge is 0.254 e. The number of hydrogen-bond donors (Lipinski definition) is 2. The standard InChI is InChI=1S/C10H14N2O2S/c1-7-8(5-15-12-7)9(13)11-6-10(14)3-2-4-10/h5,14H,2-4,6H2,1H3,(H,11,13). The Balaban J connectivity index is 1.90. The number of hydrogen-bond acceptors (Lipinski definition) is 4. The highest BCUT2D eigenvalue weighted by molar-refractivity contribution is 7.03. The van der Waals surface area contributed by atoms with Crippen molar-refractivity contribution < 1.29 is 9.90 Å². The minimum Gasteiger partial charge on any atom is -0.388 e. The normalized spacial score (nSPS) is 18.3. The highest BCUT2D eigenvalue weighted by Crippen LogP contribution is 2.30. The van der Waals surface area contributed by atoms with Gasteiger partial charge in [0.1, 0.15) is 0 Å². The van der Waals surface area contributed by atoms with Crippen molar-refractivity contribution in [1.29, 1.82) is 0 Å². The monoisotopic (exact) mass is 226 g/mol. The molecule has 1 fully saturated rings. The molecule has 1 aliphatic carbocycles. The van der Waals surface area contributed by atoms with Crippen LogP contribution in [-0.4, -0.2) is 27.5 Å². The molecule has 1 heterocycles. The van der Waals surface area contributed by atoms with Crippen molar-refractivity contribution in [2.24, 2.45) is 0 Å². The van der Waals surface area contributed by atoms with Crippen molar-refractivity contribution in [1.82, 2.24) is 9.69 Å². The van der Waals surface area contributed by atoms with Gasteiger partial charge in [-0.25, -0.2) is 0 Å². The number of carbonyl (C=O) groups excluding carboxylic acids is 1. The summed E-state index contributed by atoms with van der Waals surface area (Å²) in [6, 6.07) is 0. The van der Waals surface area contributed by atoms with Gasteiger partial charge in [0.2, 0.25) is 0 Å². The summed E-state index contributed by atoms with van der Waals surface area (Å²) in [5.41, 5.74) is 0.702. The molecule has 0 bridgehead atoms. The molecule has 1 saturated carbocycles. The first kappa shape index (κ1) is 10.6. The molecule has 1 aliphatic rings. The summed E-state index contributed by atoms with van der Waals surface area (Å²) in [6.07, 6.45) is 2.62. The van der Waals surface area contributed by atoms with E-state index in [1.165, 1.54) is 11.5 Å². The fourth-order valence-corrected chi connectivity index (χ4v) is 2.30. The second-order valence-corrected chi connectivity index (χ2v) is 4.70. The summed E-state index contributed by atoms with van der Waals surface area (Å²) >= 11 is 1.27. The molecule has 2 rings (SSSR count). The third-order valence-electron chi connectivity index (χ3n) is 2.86. The number of nitrogens with one attached hydrogen (secondary N) is 1. The van der Waals surface area contributed by atoms with E-state index in [2.05, 4.69) is 9.69 Å². The van der Waals surface area contributed by atoms with Crippen LogP contribution in [0, 0.1) is 6.92 Å². The highest BCUT2D eigenvalue weighted by atomic mass is 32.1. The van der Waals surface area contributed by atoms with Crippen molar-refractivity contribution in [3.8, 4) is 0 Å². The van der Waals surface area contributed by atoms with Crippen molar-refractivity contribution in [2.75, 3.05) is 6.54 Å². The average Bonchev–Trinajstić information content (AvgIpc) is 2.58. The van der Waals surface area contributed by atoms with Gasteiger partial charge >= 0.3 is 0 Å². The number of carbonyl (C=O) groups is 1. The van der Waals surface area contributed by atoms with Gasteiger partial charge in [0, 0.05) is 11.9 Å². The molecular weight excluding hydrogens is 212 g/mol. The van der Waals surface area contributed by atoms with Crippen LogP contribution in [0.1, 0.15) is 35.3 Å². The Morgan fingerprint density at radius 1 is 1.73 bits per heavy atom. The third kappa shape index (κ3) is 2.18. The Morgan fingerprint density at radius 2 is 2.47 bits per heavy atom. The van der Waals surface area contributed by atoms with E-state index >= 15 is 0 Å². The van der Waals surface area contributed by atoms with E-state index in [0.29, 0.717) is 12.1 Å². The van der Waals surface area contributed by atoms with Gasteiger partial charge in [-0.2, -0.15) is 4.37 Å². The Hall–Kier alpha value is -0.940. The molecule has 0 spiro atoms. The first-order valence-electron chi connectivity index (χ1n) is 5.02. The average molecular weight is 226 g/mol. The van der Waals surface area contributed by atoms with Gasteiger partial charge in [-0.05, 0) is 37.7 Å². The lowest BCUT2D eigenvalue weighted by atomic mass is 9.80. The van der Waals surface area contributed by atoms with E-state index in [-0.39, 0.29) is 5.91 Å². The second kappa shape index (κ2) is 3.90. The zero-order valence-corrected chi connectivity index (χ0v) is 9.43. The molecule has 0 saturated heterocycles. The van der Waals surface area contributed by atoms with Crippen LogP contribution in [0.15, 0.2) is 5.38 Å². The van der Waals surface area contributed by atoms with Crippen LogP contribution >= 0.6 is 11.5 Å². The first-order chi connectivity index (χ1) is 7.11. The Morgan fingerprint density at radius 3 is 2.93 bits per heavy atom. The lowest BCUT2D eigenvalue weighted by Gasteiger charge is -2.36. The quantitative estimate of drug-likeness (QED) is 0.811. The van der Waals surface area contributed by atoms with Gasteiger partial charge in [-0.1, -0.05) is 0 Å². The number of aromatic nitrogens is 1. The van der Waals surface area contributed by atoms with Gasteiger partial charge in [-0.3, -0.25) is 4.79 Å². The largest absolute Gasteiger partial charge is 0.388 e. The SMILES string of the molecule is Cc1nscc1C(=O)NCC1(O)CCC1. The first-order valence-corrected chi connectivity index (χ1v) is 5.86. The predicted octanol–water partition coefficient (Wildman–Crippen LogP) is 1.10. The van der Waals surface area contributed by atoms with Crippen LogP contribution < -0.4 is 5.32 Å². The molecule has 15 heavy (non-hydrogen) atoms. The summed E-state index contributed by atoms with van der Waals surface area (Å²) in [4.78, 5) is 11.7. The second-order valence-electron chi connectivity index (χ2n) is 4.07. The van der Waals surface area contributed by atoms with Gasteiger partial charge in [-0.15, -0.1) is 0 Å². The molecule has 0 radical (unpaired) electrons. The zero-order chi connectivity index (χ0) is 10.9. The molecule has 1 aromatic heterocycles. The number of aliphatic hydroxyl groups is 1. The van der Waals surface area contributed by atoms with Gasteiger partial charge in [0.05, 0.1) is 16.9 Å². The lowest BCUT2D eigenvalue weighted by molar-refractivity contribution is -0.0300. The number of rotatable bonds is 3. The molecule has 82 valence electrons. The van der Waals surface area contributed by atoms with Crippen LogP contribution in [0.25, 0.3) is 0 Å². The van der Waals surface area contributed by atoms with Crippen LogP contribution in [0.2, 0.25) is 0 Å². The van der Waals surface area contributed by atoms with Crippen LogP contribution in [0.4, 0.5) is 0 Å². The van der Waals surface area contributed by atoms with Crippen LogP contribution in [0.3, 0.4) is 0 Å². The topological polar surface area (TPSA) is 62.2 Å². The van der Waals surface area contributed by atoms with Crippen LogP contribution in [0.5, 0.6) is 0 Å². The molecule has 1 aromatic rings. The van der Waals surface area contributed by atoms with Gasteiger partial charge in [0.25, 0.3) is 5.91 Å². The van der Waals surface area contributed by atoms with Crippen molar-refractivity contribution >= 4 is 17.4 Å². The molecule has 1 amide bonds. The van der Waals surface area contributed by atoms with E-state index in [1.54, 1.807) is 5.38 Å². The Labute approximate surface area is 92.5 Å². The lowest BCUT2D eigenvalue weighted by Crippen LogP contribution is -2.47. The molecule has 4 nitrogen and oxygen atoms in total. The maximum Gasteiger partial charge on any atom is 0.254 e. The van der Waals surface area contributed by atoms with E-state index in [0.717, 1.165) is 25.0 Å². The summed E-state index contributed by atoms with van der Waals surface area (Å²) < 4.78 is 4.03. The molecule has 0 aliphatic heterocycles. The predicted molar refractivity (Wildman–Crippen MR) is 58.0 cm³/mol. The molecule has 5 heteroatoms. The number of amides is 1. The maximum absolute atomic E-state index is 11.7. The summed E-state index contributed by atoms with van der Waals surface area (Å²) in [5.74, 6) is -0.137. The molecule has 0 aromatic carbocycles. The fraction of sp³-hybridized carbons (Fsp3) is 0.600. The Kier molecular flexibility index (Phi) is 2.75. The highest BCUT2D eigenvalue weighted by Gasteiger charge is 2.34. The van der Waals surface area contributed by atoms with Crippen molar-refractivity contribution in [3.63, 3.8) is 0 Å². The van der Waals surface area contributed by atoms with E-state index in [9.17, 15) is 9.90 Å². The van der Waals surface area contributed by atoms with Crippen LogP contribution in [-0.2, 0) is 0 Å². The van der Waals surface area contributed by atoms with E-state index in [1.807, 2.05) is 6.92 Å². The summed E-state index contributed by atoms with van der Waals surface area (Å²) in [6.45, 7) is 2.16. The maximum atomic E-state index is 11.7.